The highest BCUT2D eigenvalue weighted by Gasteiger charge is 2.17. The number of carbonyl (C=O) groups is 1. The summed E-state index contributed by atoms with van der Waals surface area (Å²) >= 11 is 0. The van der Waals surface area contributed by atoms with Crippen LogP contribution in [-0.4, -0.2) is 13.1 Å². The highest BCUT2D eigenvalue weighted by Crippen LogP contribution is 2.10. The fourth-order valence-electron chi connectivity index (χ4n) is 0.711. The van der Waals surface area contributed by atoms with Gasteiger partial charge in [0, 0.05) is 0 Å². The summed E-state index contributed by atoms with van der Waals surface area (Å²) in [4.78, 5) is 10.8. The van der Waals surface area contributed by atoms with Gasteiger partial charge in [-0.3, -0.25) is 0 Å². The second-order valence-electron chi connectivity index (χ2n) is 2.02. The molecule has 12 heavy (non-hydrogen) atoms. The van der Waals surface area contributed by atoms with Gasteiger partial charge in [-0.05, 0) is 12.1 Å². The average Bonchev–Trinajstić information content (AvgIpc) is 2.53. The van der Waals surface area contributed by atoms with E-state index in [1.54, 1.807) is 12.1 Å². The van der Waals surface area contributed by atoms with E-state index in [4.69, 9.17) is 10.2 Å². The maximum Gasteiger partial charge on any atom is 0.330 e. The largest absolute Gasteiger partial charge is 0.468 e. The van der Waals surface area contributed by atoms with Gasteiger partial charge in [0.05, 0.1) is 13.4 Å². The van der Waals surface area contributed by atoms with E-state index in [0.717, 1.165) is 0 Å². The van der Waals surface area contributed by atoms with Crippen LogP contribution in [0.3, 0.4) is 0 Å². The minimum atomic E-state index is -0.810. The number of carbonyl (C=O) groups excluding carboxylic acids is 1. The van der Waals surface area contributed by atoms with Crippen LogP contribution in [-0.2, 0) is 9.53 Å². The molecule has 1 atom stereocenters. The lowest BCUT2D eigenvalue weighted by molar-refractivity contribution is -0.142. The summed E-state index contributed by atoms with van der Waals surface area (Å²) in [6, 6.07) is 2.48. The van der Waals surface area contributed by atoms with Gasteiger partial charge in [0.15, 0.2) is 6.04 Å². The number of nitrogens with two attached hydrogens (primary N) is 1. The van der Waals surface area contributed by atoms with Crippen LogP contribution < -0.4 is 5.73 Å². The normalized spacial score (nSPS) is 11.5. The molecule has 4 nitrogen and oxygen atoms in total. The summed E-state index contributed by atoms with van der Waals surface area (Å²) in [5.41, 5.74) is 5.43. The second kappa shape index (κ2) is 4.79. The van der Waals surface area contributed by atoms with E-state index in [9.17, 15) is 4.79 Å². The molecular weight excluding hydrogens is 182 g/mol. The molecule has 0 radical (unpaired) electrons. The van der Waals surface area contributed by atoms with Crippen molar-refractivity contribution in [2.24, 2.45) is 5.73 Å². The molecule has 0 bridgehead atoms. The number of esters is 1. The molecule has 0 aliphatic carbocycles. The minimum Gasteiger partial charge on any atom is -0.468 e. The molecule has 1 aromatic rings. The van der Waals surface area contributed by atoms with E-state index in [2.05, 4.69) is 4.74 Å². The lowest BCUT2D eigenvalue weighted by Gasteiger charge is -2.04. The Morgan fingerprint density at radius 1 is 1.75 bits per heavy atom. The van der Waals surface area contributed by atoms with Crippen molar-refractivity contribution in [3.05, 3.63) is 24.2 Å². The van der Waals surface area contributed by atoms with Gasteiger partial charge in [-0.2, -0.15) is 0 Å². The zero-order chi connectivity index (χ0) is 8.27. The van der Waals surface area contributed by atoms with Gasteiger partial charge in [-0.25, -0.2) is 4.79 Å². The second-order valence-corrected chi connectivity index (χ2v) is 2.02. The van der Waals surface area contributed by atoms with Crippen molar-refractivity contribution in [2.75, 3.05) is 7.11 Å². The summed E-state index contributed by atoms with van der Waals surface area (Å²) in [7, 11) is 1.28. The van der Waals surface area contributed by atoms with Gasteiger partial charge in [-0.15, -0.1) is 12.4 Å². The number of rotatable bonds is 2. The smallest absolute Gasteiger partial charge is 0.330 e. The molecule has 5 heteroatoms. The van der Waals surface area contributed by atoms with E-state index >= 15 is 0 Å². The monoisotopic (exact) mass is 191 g/mol. The Kier molecular flexibility index (Phi) is 4.39. The van der Waals surface area contributed by atoms with Gasteiger partial charge >= 0.3 is 5.97 Å². The quantitative estimate of drug-likeness (QED) is 0.705. The fraction of sp³-hybridized carbons (Fsp3) is 0.286. The van der Waals surface area contributed by atoms with Gasteiger partial charge in [0.1, 0.15) is 5.76 Å². The first-order valence-corrected chi connectivity index (χ1v) is 3.12. The molecule has 0 aromatic carbocycles. The van der Waals surface area contributed by atoms with E-state index in [1.807, 2.05) is 0 Å². The molecule has 1 unspecified atom stereocenters. The van der Waals surface area contributed by atoms with E-state index in [-0.39, 0.29) is 12.4 Å². The first kappa shape index (κ1) is 11.0. The predicted molar refractivity (Wildman–Crippen MR) is 44.9 cm³/mol. The van der Waals surface area contributed by atoms with Crippen molar-refractivity contribution >= 4 is 18.4 Å². The van der Waals surface area contributed by atoms with Gasteiger partial charge < -0.3 is 14.9 Å². The molecule has 0 saturated carbocycles. The molecule has 1 aromatic heterocycles. The van der Waals surface area contributed by atoms with Crippen LogP contribution >= 0.6 is 12.4 Å². The summed E-state index contributed by atoms with van der Waals surface area (Å²) in [5, 5.41) is 0. The maximum atomic E-state index is 10.8. The van der Waals surface area contributed by atoms with Crippen LogP contribution in [0.5, 0.6) is 0 Å². The van der Waals surface area contributed by atoms with Crippen LogP contribution in [0.1, 0.15) is 11.8 Å². The average molecular weight is 192 g/mol. The Morgan fingerprint density at radius 2 is 2.42 bits per heavy atom. The SMILES string of the molecule is COC(=O)C(N)c1ccco1.Cl. The first-order valence-electron chi connectivity index (χ1n) is 3.12. The van der Waals surface area contributed by atoms with Crippen molar-refractivity contribution in [3.63, 3.8) is 0 Å². The van der Waals surface area contributed by atoms with Gasteiger partial charge in [0.2, 0.25) is 0 Å². The maximum absolute atomic E-state index is 10.8. The number of methoxy groups -OCH3 is 1. The first-order chi connectivity index (χ1) is 5.25. The Balaban J connectivity index is 0.00000121. The Labute approximate surface area is 76.1 Å². The van der Waals surface area contributed by atoms with E-state index in [1.165, 1.54) is 13.4 Å². The molecular formula is C7H10ClNO3. The Morgan fingerprint density at radius 3 is 2.83 bits per heavy atom. The predicted octanol–water partition coefficient (Wildman–Crippen LogP) is 0.874. The number of hydrogen-bond donors (Lipinski definition) is 1. The summed E-state index contributed by atoms with van der Waals surface area (Å²) in [5.74, 6) is -0.0863. The zero-order valence-corrected chi connectivity index (χ0v) is 7.34. The molecule has 0 amide bonds. The lowest BCUT2D eigenvalue weighted by Crippen LogP contribution is -2.21. The van der Waals surface area contributed by atoms with Gasteiger partial charge in [-0.1, -0.05) is 0 Å². The molecule has 0 aliphatic heterocycles. The number of hydrogen-bond acceptors (Lipinski definition) is 4. The third-order valence-electron chi connectivity index (χ3n) is 1.30. The highest BCUT2D eigenvalue weighted by atomic mass is 35.5. The summed E-state index contributed by atoms with van der Waals surface area (Å²) < 4.78 is 9.30. The molecule has 1 heterocycles. The van der Waals surface area contributed by atoms with Crippen LogP contribution in [0.4, 0.5) is 0 Å². The summed E-state index contributed by atoms with van der Waals surface area (Å²) in [6.07, 6.45) is 1.46. The Bertz CT molecular complexity index is 235. The fourth-order valence-corrected chi connectivity index (χ4v) is 0.711. The van der Waals surface area contributed by atoms with Crippen molar-refractivity contribution in [1.82, 2.24) is 0 Å². The molecule has 0 fully saturated rings. The van der Waals surface area contributed by atoms with E-state index < -0.39 is 12.0 Å². The van der Waals surface area contributed by atoms with E-state index in [0.29, 0.717) is 5.76 Å². The van der Waals surface area contributed by atoms with Crippen molar-refractivity contribution in [3.8, 4) is 0 Å². The van der Waals surface area contributed by atoms with Crippen molar-refractivity contribution in [2.45, 2.75) is 6.04 Å². The van der Waals surface area contributed by atoms with Crippen LogP contribution in [0.15, 0.2) is 22.8 Å². The Hall–Kier alpha value is -1.00. The molecule has 0 saturated heterocycles. The third-order valence-corrected chi connectivity index (χ3v) is 1.30. The molecule has 0 spiro atoms. The topological polar surface area (TPSA) is 65.5 Å². The van der Waals surface area contributed by atoms with Crippen LogP contribution in [0.2, 0.25) is 0 Å². The zero-order valence-electron chi connectivity index (χ0n) is 6.52. The standard InChI is InChI=1S/C7H9NO3.ClH/c1-10-7(9)6(8)5-3-2-4-11-5;/h2-4,6H,8H2,1H3;1H. The highest BCUT2D eigenvalue weighted by molar-refractivity contribution is 5.85. The van der Waals surface area contributed by atoms with Gasteiger partial charge in [0.25, 0.3) is 0 Å². The molecule has 68 valence electrons. The van der Waals surface area contributed by atoms with Crippen molar-refractivity contribution in [1.29, 1.82) is 0 Å². The number of halogens is 1. The molecule has 0 aliphatic rings. The number of ether oxygens (including phenoxy) is 1. The minimum absolute atomic E-state index is 0. The van der Waals surface area contributed by atoms with Crippen LogP contribution in [0, 0.1) is 0 Å². The third kappa shape index (κ3) is 2.25. The lowest BCUT2D eigenvalue weighted by atomic mass is 10.2. The number of furan rings is 1. The summed E-state index contributed by atoms with van der Waals surface area (Å²) in [6.45, 7) is 0. The van der Waals surface area contributed by atoms with Crippen molar-refractivity contribution < 1.29 is 13.9 Å². The molecule has 2 N–H and O–H groups in total. The van der Waals surface area contributed by atoms with Crippen LogP contribution in [0.25, 0.3) is 0 Å². The molecule has 1 rings (SSSR count).